The van der Waals surface area contributed by atoms with Crippen molar-refractivity contribution in [1.29, 1.82) is 0 Å². The van der Waals surface area contributed by atoms with Crippen LogP contribution in [0.1, 0.15) is 89.3 Å². The van der Waals surface area contributed by atoms with Crippen LogP contribution in [0.5, 0.6) is 0 Å². The summed E-state index contributed by atoms with van der Waals surface area (Å²) in [4.78, 5) is 24.8. The molecule has 0 aliphatic heterocycles. The summed E-state index contributed by atoms with van der Waals surface area (Å²) in [6, 6.07) is 3.71. The molecule has 4 aliphatic carbocycles. The lowest BCUT2D eigenvalue weighted by Gasteiger charge is -2.62. The second-order valence-corrected chi connectivity index (χ2v) is 15.4. The number of aliphatic hydroxyl groups excluding tert-OH is 1. The molecule has 4 unspecified atom stereocenters. The second-order valence-electron chi connectivity index (χ2n) is 13.9. The molecule has 8 heteroatoms. The number of carbonyl (C=O) groups is 2. The van der Waals surface area contributed by atoms with Gasteiger partial charge in [0.15, 0.2) is 0 Å². The molecule has 5 rings (SSSR count). The summed E-state index contributed by atoms with van der Waals surface area (Å²) in [5.41, 5.74) is 1.50. The van der Waals surface area contributed by atoms with Crippen molar-refractivity contribution in [3.63, 3.8) is 0 Å². The second kappa shape index (κ2) is 10.2. The molecule has 4 fully saturated rings. The minimum atomic E-state index is -4.10. The smallest absolute Gasteiger partial charge is 0.302 e. The summed E-state index contributed by atoms with van der Waals surface area (Å²) >= 11 is 0. The van der Waals surface area contributed by atoms with E-state index in [-0.39, 0.29) is 45.9 Å². The predicted octanol–water partition coefficient (Wildman–Crippen LogP) is 5.45. The summed E-state index contributed by atoms with van der Waals surface area (Å²) in [5.74, 6) is -0.274. The van der Waals surface area contributed by atoms with Crippen LogP contribution in [0.25, 0.3) is 0 Å². The number of Topliss-reactive ketones (excluding diaryl/α,β-unsaturated/α-hetero) is 1. The first-order valence-corrected chi connectivity index (χ1v) is 16.4. The van der Waals surface area contributed by atoms with Crippen LogP contribution in [0.3, 0.4) is 0 Å². The lowest BCUT2D eigenvalue weighted by atomic mass is 9.44. The summed E-state index contributed by atoms with van der Waals surface area (Å²) < 4.78 is 39.5. The zero-order chi connectivity index (χ0) is 29.4. The van der Waals surface area contributed by atoms with Gasteiger partial charge in [-0.2, -0.15) is 8.42 Å². The summed E-state index contributed by atoms with van der Waals surface area (Å²) in [6.45, 7) is 12.9. The topological polar surface area (TPSA) is 107 Å². The van der Waals surface area contributed by atoms with E-state index in [2.05, 4.69) is 6.92 Å². The minimum Gasteiger partial charge on any atom is -0.463 e. The van der Waals surface area contributed by atoms with E-state index in [4.69, 9.17) is 8.92 Å². The Morgan fingerprint density at radius 2 is 1.62 bits per heavy atom. The van der Waals surface area contributed by atoms with Gasteiger partial charge >= 0.3 is 5.97 Å². The largest absolute Gasteiger partial charge is 0.463 e. The Morgan fingerprint density at radius 3 is 2.23 bits per heavy atom. The number of ketones is 1. The highest BCUT2D eigenvalue weighted by Crippen LogP contribution is 2.68. The fourth-order valence-electron chi connectivity index (χ4n) is 10.0. The fraction of sp³-hybridized carbons (Fsp3) is 0.750. The van der Waals surface area contributed by atoms with Crippen LogP contribution in [0.4, 0.5) is 0 Å². The zero-order valence-electron chi connectivity index (χ0n) is 25.0. The van der Waals surface area contributed by atoms with Gasteiger partial charge < -0.3 is 9.84 Å². The van der Waals surface area contributed by atoms with Gasteiger partial charge in [-0.1, -0.05) is 31.5 Å². The molecule has 0 radical (unpaired) electrons. The number of rotatable bonds is 5. The van der Waals surface area contributed by atoms with Crippen LogP contribution in [0.2, 0.25) is 0 Å². The maximum absolute atomic E-state index is 13.8. The van der Waals surface area contributed by atoms with Gasteiger partial charge in [-0.15, -0.1) is 0 Å². The average Bonchev–Trinajstić information content (AvgIpc) is 3.12. The molecule has 10 atom stereocenters. The maximum Gasteiger partial charge on any atom is 0.302 e. The maximum atomic E-state index is 13.8. The van der Waals surface area contributed by atoms with Crippen LogP contribution in [0, 0.1) is 61.2 Å². The molecule has 1 aromatic rings. The summed E-state index contributed by atoms with van der Waals surface area (Å²) in [6.07, 6.45) is 3.79. The quantitative estimate of drug-likeness (QED) is 0.368. The van der Waals surface area contributed by atoms with Gasteiger partial charge in [0.25, 0.3) is 10.1 Å². The third kappa shape index (κ3) is 4.66. The molecule has 0 bridgehead atoms. The van der Waals surface area contributed by atoms with Crippen molar-refractivity contribution in [2.75, 3.05) is 0 Å². The Hall–Kier alpha value is -1.77. The molecule has 4 saturated carbocycles. The number of hydrogen-bond donors (Lipinski definition) is 1. The molecule has 40 heavy (non-hydrogen) atoms. The van der Waals surface area contributed by atoms with Gasteiger partial charge in [-0.3, -0.25) is 13.8 Å². The van der Waals surface area contributed by atoms with Crippen LogP contribution in [-0.4, -0.2) is 43.6 Å². The Balaban J connectivity index is 1.51. The van der Waals surface area contributed by atoms with E-state index in [9.17, 15) is 23.1 Å². The molecule has 0 amide bonds. The Labute approximate surface area is 239 Å². The normalized spacial score (nSPS) is 41.0. The first kappa shape index (κ1) is 29.7. The van der Waals surface area contributed by atoms with Crippen LogP contribution < -0.4 is 0 Å². The lowest BCUT2D eigenvalue weighted by molar-refractivity contribution is -0.186. The van der Waals surface area contributed by atoms with Crippen LogP contribution >= 0.6 is 0 Å². The molecule has 0 aromatic heterocycles. The van der Waals surface area contributed by atoms with Gasteiger partial charge in [0.1, 0.15) is 11.9 Å². The molecular weight excluding hydrogens is 528 g/mol. The molecular formula is C32H46O7S. The van der Waals surface area contributed by atoms with Crippen molar-refractivity contribution < 1.29 is 32.0 Å². The monoisotopic (exact) mass is 574 g/mol. The van der Waals surface area contributed by atoms with E-state index in [1.165, 1.54) is 6.92 Å². The Bertz CT molecular complexity index is 1280. The first-order valence-electron chi connectivity index (χ1n) is 15.0. The average molecular weight is 575 g/mol. The number of ether oxygens (including phenoxy) is 1. The SMILES string of the molecule is CC(=O)OC1CC[C@@]2(C)C(CC[C@H]3[C@@H]4C(OS(=O)(=O)c5c(C)cc(C)cc5C)C[C@H](C(C)=O)[C@@]4(C)C(O)C[C@@H]32)C1. The van der Waals surface area contributed by atoms with Crippen molar-refractivity contribution in [1.82, 2.24) is 0 Å². The lowest BCUT2D eigenvalue weighted by Crippen LogP contribution is -2.60. The zero-order valence-corrected chi connectivity index (χ0v) is 25.8. The molecule has 4 aliphatic rings. The number of hydrogen-bond acceptors (Lipinski definition) is 7. The summed E-state index contributed by atoms with van der Waals surface area (Å²) in [5, 5.41) is 11.8. The fourth-order valence-corrected chi connectivity index (χ4v) is 11.6. The van der Waals surface area contributed by atoms with E-state index >= 15 is 0 Å². The molecule has 0 saturated heterocycles. The highest BCUT2D eigenvalue weighted by atomic mass is 32.2. The van der Waals surface area contributed by atoms with Crippen molar-refractivity contribution in [3.8, 4) is 0 Å². The van der Waals surface area contributed by atoms with E-state index in [0.717, 1.165) is 37.7 Å². The van der Waals surface area contributed by atoms with Gasteiger partial charge in [-0.25, -0.2) is 0 Å². The number of benzene rings is 1. The number of esters is 1. The number of carbonyl (C=O) groups excluding carboxylic acids is 2. The Morgan fingerprint density at radius 1 is 0.975 bits per heavy atom. The minimum absolute atomic E-state index is 0.0158. The number of aryl methyl sites for hydroxylation is 3. The van der Waals surface area contributed by atoms with Gasteiger partial charge in [-0.05, 0) is 113 Å². The van der Waals surface area contributed by atoms with Gasteiger partial charge in [0.05, 0.1) is 17.1 Å². The number of aliphatic hydroxyl groups is 1. The van der Waals surface area contributed by atoms with E-state index < -0.39 is 33.7 Å². The van der Waals surface area contributed by atoms with Crippen molar-refractivity contribution in [2.45, 2.75) is 117 Å². The van der Waals surface area contributed by atoms with Crippen LogP contribution in [0.15, 0.2) is 17.0 Å². The highest BCUT2D eigenvalue weighted by molar-refractivity contribution is 7.86. The van der Waals surface area contributed by atoms with Crippen molar-refractivity contribution >= 4 is 21.9 Å². The van der Waals surface area contributed by atoms with Crippen LogP contribution in [-0.2, 0) is 28.6 Å². The van der Waals surface area contributed by atoms with Crippen molar-refractivity contribution in [2.24, 2.45) is 40.4 Å². The number of fused-ring (bicyclic) bond motifs is 5. The van der Waals surface area contributed by atoms with E-state index in [1.807, 2.05) is 26.0 Å². The van der Waals surface area contributed by atoms with E-state index in [0.29, 0.717) is 29.9 Å². The molecule has 0 spiro atoms. The molecule has 7 nitrogen and oxygen atoms in total. The van der Waals surface area contributed by atoms with Gasteiger partial charge in [0, 0.05) is 18.3 Å². The molecule has 1 N–H and O–H groups in total. The van der Waals surface area contributed by atoms with E-state index in [1.54, 1.807) is 20.8 Å². The first-order chi connectivity index (χ1) is 18.6. The standard InChI is InChI=1S/C32H46O7S/c1-17-12-18(2)30(19(3)13-17)40(36,37)39-27-15-25(20(4)33)32(7)28(35)16-26-24(29(27)32)9-8-22-14-23(38-21(5)34)10-11-31(22,26)6/h12-13,22-29,35H,8-11,14-16H2,1-7H3/t22?,23?,24-,25-,26+,27?,28?,29-,31+,32+/m1/s1. The molecule has 1 aromatic carbocycles. The Kier molecular flexibility index (Phi) is 7.57. The summed E-state index contributed by atoms with van der Waals surface area (Å²) in [7, 11) is -4.10. The third-order valence-electron chi connectivity index (χ3n) is 11.6. The van der Waals surface area contributed by atoms with Gasteiger partial charge in [0.2, 0.25) is 0 Å². The predicted molar refractivity (Wildman–Crippen MR) is 151 cm³/mol. The third-order valence-corrected chi connectivity index (χ3v) is 13.3. The highest BCUT2D eigenvalue weighted by Gasteiger charge is 2.67. The molecule has 0 heterocycles. The molecule has 222 valence electrons. The van der Waals surface area contributed by atoms with Crippen molar-refractivity contribution in [3.05, 3.63) is 28.8 Å².